The predicted molar refractivity (Wildman–Crippen MR) is 134 cm³/mol. The Morgan fingerprint density at radius 3 is 2.00 bits per heavy atom. The fourth-order valence-electron chi connectivity index (χ4n) is 3.38. The minimum absolute atomic E-state index is 0.0372. The summed E-state index contributed by atoms with van der Waals surface area (Å²) in [6.07, 6.45) is 1.93. The molecule has 0 radical (unpaired) electrons. The first-order chi connectivity index (χ1) is 16.1. The first-order valence-corrected chi connectivity index (χ1v) is 11.5. The Morgan fingerprint density at radius 1 is 0.848 bits per heavy atom. The second-order valence-corrected chi connectivity index (χ2v) is 8.72. The summed E-state index contributed by atoms with van der Waals surface area (Å²) in [7, 11) is 3.29. The lowest BCUT2D eigenvalue weighted by molar-refractivity contribution is -0.122. The molecule has 1 aliphatic heterocycles. The van der Waals surface area contributed by atoms with Gasteiger partial charge in [-0.25, -0.2) is 0 Å². The third-order valence-corrected chi connectivity index (χ3v) is 6.36. The molecule has 0 aliphatic carbocycles. The Morgan fingerprint density at radius 2 is 1.42 bits per heavy atom. The highest BCUT2D eigenvalue weighted by atomic mass is 32.2. The number of carbonyl (C=O) groups excluding carboxylic acids is 1. The van der Waals surface area contributed by atoms with Gasteiger partial charge in [-0.05, 0) is 65.7 Å². The molecule has 1 amide bonds. The molecule has 3 aromatic rings. The zero-order chi connectivity index (χ0) is 23.2. The molecular formula is C27H26N2O3S. The Labute approximate surface area is 198 Å². The molecule has 0 N–H and O–H groups in total. The van der Waals surface area contributed by atoms with Crippen LogP contribution >= 0.6 is 11.8 Å². The average Bonchev–Trinajstić information content (AvgIpc) is 3.14. The Hall–Kier alpha value is -3.51. The number of rotatable bonds is 7. The number of benzene rings is 3. The molecule has 6 heteroatoms. The maximum atomic E-state index is 13.3. The van der Waals surface area contributed by atoms with Gasteiger partial charge in [-0.2, -0.15) is 0 Å². The van der Waals surface area contributed by atoms with Gasteiger partial charge in [-0.1, -0.05) is 54.1 Å². The van der Waals surface area contributed by atoms with Crippen LogP contribution in [0.15, 0.2) is 82.7 Å². The molecule has 5 nitrogen and oxygen atoms in total. The van der Waals surface area contributed by atoms with Gasteiger partial charge in [0, 0.05) is 0 Å². The number of carbonyl (C=O) groups is 1. The van der Waals surface area contributed by atoms with E-state index in [2.05, 4.69) is 0 Å². The lowest BCUT2D eigenvalue weighted by atomic mass is 10.1. The SMILES string of the molecule is COc1ccc(CN=C2S/C(=C\c3ccc(C)cc3)C(=O)N2Cc2ccc(OC)cc2)cc1. The van der Waals surface area contributed by atoms with E-state index in [1.165, 1.54) is 17.3 Å². The predicted octanol–water partition coefficient (Wildman–Crippen LogP) is 5.68. The van der Waals surface area contributed by atoms with Gasteiger partial charge in [0.1, 0.15) is 11.5 Å². The molecule has 1 heterocycles. The Kier molecular flexibility index (Phi) is 7.15. The fraction of sp³-hybridized carbons (Fsp3) is 0.185. The lowest BCUT2D eigenvalue weighted by Crippen LogP contribution is -2.28. The topological polar surface area (TPSA) is 51.1 Å². The number of ether oxygens (including phenoxy) is 2. The molecule has 0 aromatic heterocycles. The smallest absolute Gasteiger partial charge is 0.267 e. The van der Waals surface area contributed by atoms with Crippen LogP contribution in [0.1, 0.15) is 22.3 Å². The quantitative estimate of drug-likeness (QED) is 0.427. The number of amidine groups is 1. The van der Waals surface area contributed by atoms with E-state index in [1.54, 1.807) is 19.1 Å². The fourth-order valence-corrected chi connectivity index (χ4v) is 4.36. The molecule has 33 heavy (non-hydrogen) atoms. The van der Waals surface area contributed by atoms with E-state index >= 15 is 0 Å². The zero-order valence-corrected chi connectivity index (χ0v) is 19.8. The Bertz CT molecular complexity index is 1170. The minimum Gasteiger partial charge on any atom is -0.497 e. The van der Waals surface area contributed by atoms with Crippen molar-refractivity contribution in [2.45, 2.75) is 20.0 Å². The van der Waals surface area contributed by atoms with Crippen molar-refractivity contribution in [3.8, 4) is 11.5 Å². The van der Waals surface area contributed by atoms with Gasteiger partial charge in [0.25, 0.3) is 5.91 Å². The van der Waals surface area contributed by atoms with E-state index in [0.717, 1.165) is 28.2 Å². The molecule has 1 saturated heterocycles. The number of methoxy groups -OCH3 is 2. The monoisotopic (exact) mass is 458 g/mol. The van der Waals surface area contributed by atoms with E-state index in [-0.39, 0.29) is 5.91 Å². The maximum Gasteiger partial charge on any atom is 0.267 e. The van der Waals surface area contributed by atoms with Crippen molar-refractivity contribution >= 4 is 28.9 Å². The van der Waals surface area contributed by atoms with E-state index in [4.69, 9.17) is 14.5 Å². The molecule has 4 rings (SSSR count). The first-order valence-electron chi connectivity index (χ1n) is 10.6. The lowest BCUT2D eigenvalue weighted by Gasteiger charge is -2.16. The summed E-state index contributed by atoms with van der Waals surface area (Å²) >= 11 is 1.42. The summed E-state index contributed by atoms with van der Waals surface area (Å²) in [5.74, 6) is 1.56. The van der Waals surface area contributed by atoms with Crippen molar-refractivity contribution < 1.29 is 14.3 Å². The molecule has 0 atom stereocenters. The normalized spacial score (nSPS) is 16.0. The number of thioether (sulfide) groups is 1. The van der Waals surface area contributed by atoms with Gasteiger partial charge in [0.05, 0.1) is 32.2 Å². The van der Waals surface area contributed by atoms with Crippen LogP contribution in [-0.2, 0) is 17.9 Å². The number of aliphatic imine (C=N–C) groups is 1. The van der Waals surface area contributed by atoms with Gasteiger partial charge in [0.15, 0.2) is 5.17 Å². The van der Waals surface area contributed by atoms with Gasteiger partial charge < -0.3 is 9.47 Å². The van der Waals surface area contributed by atoms with Crippen molar-refractivity contribution in [3.63, 3.8) is 0 Å². The number of hydrogen-bond donors (Lipinski definition) is 0. The molecule has 168 valence electrons. The molecule has 1 aliphatic rings. The van der Waals surface area contributed by atoms with E-state index in [9.17, 15) is 4.79 Å². The van der Waals surface area contributed by atoms with Crippen molar-refractivity contribution in [3.05, 3.63) is 100.0 Å². The minimum atomic E-state index is -0.0372. The van der Waals surface area contributed by atoms with Crippen LogP contribution in [-0.4, -0.2) is 30.2 Å². The third-order valence-electron chi connectivity index (χ3n) is 5.32. The van der Waals surface area contributed by atoms with E-state index < -0.39 is 0 Å². The highest BCUT2D eigenvalue weighted by molar-refractivity contribution is 8.18. The second kappa shape index (κ2) is 10.4. The summed E-state index contributed by atoms with van der Waals surface area (Å²) in [6, 6.07) is 23.7. The van der Waals surface area contributed by atoms with Crippen LogP contribution < -0.4 is 9.47 Å². The van der Waals surface area contributed by atoms with Gasteiger partial charge >= 0.3 is 0 Å². The zero-order valence-electron chi connectivity index (χ0n) is 18.9. The average molecular weight is 459 g/mol. The van der Waals surface area contributed by atoms with Crippen LogP contribution in [0, 0.1) is 6.92 Å². The van der Waals surface area contributed by atoms with E-state index in [1.807, 2.05) is 85.8 Å². The Balaban J connectivity index is 1.60. The van der Waals surface area contributed by atoms with Gasteiger partial charge in [-0.15, -0.1) is 0 Å². The van der Waals surface area contributed by atoms with Crippen LogP contribution in [0.4, 0.5) is 0 Å². The molecule has 0 saturated carbocycles. The molecular weight excluding hydrogens is 432 g/mol. The van der Waals surface area contributed by atoms with Gasteiger partial charge in [0.2, 0.25) is 0 Å². The number of aryl methyl sites for hydroxylation is 1. The van der Waals surface area contributed by atoms with Crippen LogP contribution in [0.3, 0.4) is 0 Å². The second-order valence-electron chi connectivity index (χ2n) is 7.71. The van der Waals surface area contributed by atoms with Crippen molar-refractivity contribution in [2.75, 3.05) is 14.2 Å². The number of hydrogen-bond acceptors (Lipinski definition) is 5. The van der Waals surface area contributed by atoms with Crippen LogP contribution in [0.5, 0.6) is 11.5 Å². The molecule has 0 bridgehead atoms. The number of amides is 1. The van der Waals surface area contributed by atoms with E-state index in [0.29, 0.717) is 23.2 Å². The van der Waals surface area contributed by atoms with Crippen LogP contribution in [0.2, 0.25) is 0 Å². The molecule has 1 fully saturated rings. The first kappa shape index (κ1) is 22.7. The summed E-state index contributed by atoms with van der Waals surface area (Å²) in [6.45, 7) is 2.98. The highest BCUT2D eigenvalue weighted by Crippen LogP contribution is 2.34. The third kappa shape index (κ3) is 5.65. The van der Waals surface area contributed by atoms with Crippen molar-refractivity contribution in [1.29, 1.82) is 0 Å². The molecule has 0 unspecified atom stereocenters. The summed E-state index contributed by atoms with van der Waals surface area (Å²) in [5.41, 5.74) is 4.25. The number of nitrogens with zero attached hydrogens (tertiary/aromatic N) is 2. The van der Waals surface area contributed by atoms with Crippen molar-refractivity contribution in [1.82, 2.24) is 4.90 Å². The van der Waals surface area contributed by atoms with Crippen molar-refractivity contribution in [2.24, 2.45) is 4.99 Å². The largest absolute Gasteiger partial charge is 0.497 e. The molecule has 0 spiro atoms. The van der Waals surface area contributed by atoms with Crippen LogP contribution in [0.25, 0.3) is 6.08 Å². The summed E-state index contributed by atoms with van der Waals surface area (Å²) in [4.78, 5) is 20.5. The standard InChI is InChI=1S/C27H26N2O3S/c1-19-4-6-20(7-5-19)16-25-26(30)29(18-22-10-14-24(32-3)15-11-22)27(33-25)28-17-21-8-12-23(31-2)13-9-21/h4-16H,17-18H2,1-3H3/b25-16-,28-27?. The summed E-state index contributed by atoms with van der Waals surface area (Å²) < 4.78 is 10.5. The highest BCUT2D eigenvalue weighted by Gasteiger charge is 2.33. The van der Waals surface area contributed by atoms with Gasteiger partial charge in [-0.3, -0.25) is 14.7 Å². The summed E-state index contributed by atoms with van der Waals surface area (Å²) in [5, 5.41) is 0.699. The maximum absolute atomic E-state index is 13.3. The molecule has 3 aromatic carbocycles.